The van der Waals surface area contributed by atoms with Crippen molar-refractivity contribution in [3.63, 3.8) is 0 Å². The Morgan fingerprint density at radius 2 is 1.72 bits per heavy atom. The molecule has 1 aromatic carbocycles. The lowest BCUT2D eigenvalue weighted by atomic mass is 9.46. The van der Waals surface area contributed by atoms with Crippen molar-refractivity contribution < 1.29 is 43.2 Å². The number of carbonyl (C=O) groups excluding carboxylic acids is 4. The Labute approximate surface area is 294 Å². The predicted molar refractivity (Wildman–Crippen MR) is 184 cm³/mol. The zero-order chi connectivity index (χ0) is 36.0. The molecule has 1 unspecified atom stereocenters. The highest BCUT2D eigenvalue weighted by molar-refractivity contribution is 6.01. The van der Waals surface area contributed by atoms with Crippen LogP contribution in [0.3, 0.4) is 0 Å². The van der Waals surface area contributed by atoms with Crippen LogP contribution in [-0.4, -0.2) is 96.6 Å². The number of carbonyl (C=O) groups is 4. The Morgan fingerprint density at radius 3 is 2.40 bits per heavy atom. The van der Waals surface area contributed by atoms with Gasteiger partial charge in [0.15, 0.2) is 24.3 Å². The first-order valence-electron chi connectivity index (χ1n) is 18.0. The number of aryl methyl sites for hydroxylation is 1. The first kappa shape index (κ1) is 36.3. The number of fused-ring (bicyclic) bond motifs is 7. The zero-order valence-corrected chi connectivity index (χ0v) is 30.2. The minimum Gasteiger partial charge on any atom is -0.445 e. The molecule has 0 radical (unpaired) electrons. The van der Waals surface area contributed by atoms with Gasteiger partial charge in [-0.2, -0.15) is 0 Å². The summed E-state index contributed by atoms with van der Waals surface area (Å²) in [7, 11) is 3.15. The topological polar surface area (TPSA) is 132 Å². The van der Waals surface area contributed by atoms with Crippen molar-refractivity contribution in [2.45, 2.75) is 96.9 Å². The average Bonchev–Trinajstić information content (AvgIpc) is 3.57. The number of ether oxygens (including phenoxy) is 4. The lowest BCUT2D eigenvalue weighted by Gasteiger charge is -2.59. The summed E-state index contributed by atoms with van der Waals surface area (Å²) in [5.74, 6) is -0.368. The maximum atomic E-state index is 14.4. The van der Waals surface area contributed by atoms with Crippen LogP contribution in [0.5, 0.6) is 0 Å². The Hall–Kier alpha value is -3.54. The van der Waals surface area contributed by atoms with Crippen molar-refractivity contribution in [1.29, 1.82) is 0 Å². The quantitative estimate of drug-likeness (QED) is 0.344. The second kappa shape index (κ2) is 13.9. The summed E-state index contributed by atoms with van der Waals surface area (Å²) in [6.45, 7) is 8.19. The summed E-state index contributed by atoms with van der Waals surface area (Å²) < 4.78 is 24.1. The Morgan fingerprint density at radius 1 is 1.04 bits per heavy atom. The monoisotopic (exact) mass is 692 g/mol. The van der Waals surface area contributed by atoms with E-state index in [1.165, 1.54) is 9.80 Å². The highest BCUT2D eigenvalue weighted by Gasteiger charge is 2.75. The van der Waals surface area contributed by atoms with Crippen molar-refractivity contribution >= 4 is 23.8 Å². The van der Waals surface area contributed by atoms with E-state index in [-0.39, 0.29) is 49.0 Å². The molecule has 0 spiro atoms. The van der Waals surface area contributed by atoms with Gasteiger partial charge in [-0.1, -0.05) is 68.7 Å². The second-order valence-electron chi connectivity index (χ2n) is 15.5. The molecule has 1 aromatic rings. The van der Waals surface area contributed by atoms with E-state index in [2.05, 4.69) is 6.92 Å². The number of hydrogen-bond donors (Lipinski definition) is 1. The molecule has 50 heavy (non-hydrogen) atoms. The maximum Gasteiger partial charge on any atom is 0.409 e. The van der Waals surface area contributed by atoms with E-state index in [0.717, 1.165) is 36.0 Å². The SMILES string of the molecule is CCCC1O[C@@H]2C[C@H]3[C@@H]4CCC5=CC(=O)C=C[C@]5(C)[C@H]4[C@@H](O)C[C@]3(C)[C@]2(C(=O)COC(=O)N(C)CCN(C)C(=O)OCc2ccc(C)cc2)O1. The lowest BCUT2D eigenvalue weighted by Crippen LogP contribution is -2.63. The first-order chi connectivity index (χ1) is 23.7. The Kier molecular flexibility index (Phi) is 10.1. The number of ketones is 2. The number of aliphatic hydroxyl groups is 1. The minimum atomic E-state index is -1.38. The van der Waals surface area contributed by atoms with Gasteiger partial charge in [-0.25, -0.2) is 9.59 Å². The Bertz CT molecular complexity index is 1560. The molecule has 4 aliphatic carbocycles. The zero-order valence-electron chi connectivity index (χ0n) is 30.2. The van der Waals surface area contributed by atoms with Crippen LogP contribution in [0.15, 0.2) is 48.1 Å². The minimum absolute atomic E-state index is 0.0154. The molecule has 1 saturated heterocycles. The predicted octanol–water partition coefficient (Wildman–Crippen LogP) is 5.37. The molecule has 4 fully saturated rings. The van der Waals surface area contributed by atoms with Crippen LogP contribution < -0.4 is 0 Å². The van der Waals surface area contributed by atoms with Crippen LogP contribution in [0.4, 0.5) is 9.59 Å². The fourth-order valence-electron chi connectivity index (χ4n) is 9.77. The molecule has 11 heteroatoms. The summed E-state index contributed by atoms with van der Waals surface area (Å²) in [6, 6.07) is 7.72. The van der Waals surface area contributed by atoms with E-state index in [0.29, 0.717) is 19.3 Å². The normalized spacial score (nSPS) is 35.3. The molecule has 272 valence electrons. The van der Waals surface area contributed by atoms with Gasteiger partial charge in [0.05, 0.1) is 12.2 Å². The van der Waals surface area contributed by atoms with E-state index in [1.54, 1.807) is 26.2 Å². The molecule has 3 saturated carbocycles. The molecule has 11 nitrogen and oxygen atoms in total. The van der Waals surface area contributed by atoms with E-state index < -0.39 is 53.7 Å². The van der Waals surface area contributed by atoms with Crippen LogP contribution >= 0.6 is 0 Å². The van der Waals surface area contributed by atoms with Crippen LogP contribution in [0.2, 0.25) is 0 Å². The second-order valence-corrected chi connectivity index (χ2v) is 15.5. The molecule has 2 amide bonds. The summed E-state index contributed by atoms with van der Waals surface area (Å²) in [4.78, 5) is 55.0. The van der Waals surface area contributed by atoms with Gasteiger partial charge in [0.2, 0.25) is 5.78 Å². The molecule has 0 aromatic heterocycles. The van der Waals surface area contributed by atoms with Gasteiger partial charge in [-0.05, 0) is 68.6 Å². The van der Waals surface area contributed by atoms with Crippen molar-refractivity contribution in [3.8, 4) is 0 Å². The summed E-state index contributed by atoms with van der Waals surface area (Å²) in [5.41, 5.74) is 0.488. The number of benzene rings is 1. The third kappa shape index (κ3) is 6.19. The number of likely N-dealkylation sites (N-methyl/N-ethyl adjacent to an activating group) is 2. The van der Waals surface area contributed by atoms with E-state index >= 15 is 0 Å². The van der Waals surface area contributed by atoms with Crippen molar-refractivity contribution in [2.24, 2.45) is 28.6 Å². The maximum absolute atomic E-state index is 14.4. The molecule has 1 aliphatic heterocycles. The number of amides is 2. The number of nitrogens with zero attached hydrogens (tertiary/aromatic N) is 2. The number of hydrogen-bond acceptors (Lipinski definition) is 9. The first-order valence-corrected chi connectivity index (χ1v) is 18.0. The number of rotatable bonds is 10. The molecule has 6 rings (SSSR count). The van der Waals surface area contributed by atoms with E-state index in [1.807, 2.05) is 51.1 Å². The van der Waals surface area contributed by atoms with Crippen molar-refractivity contribution in [2.75, 3.05) is 33.8 Å². The van der Waals surface area contributed by atoms with Gasteiger partial charge in [0, 0.05) is 43.9 Å². The van der Waals surface area contributed by atoms with Crippen LogP contribution in [0.1, 0.15) is 70.4 Å². The summed E-state index contributed by atoms with van der Waals surface area (Å²) in [6.07, 6.45) is 6.19. The summed E-state index contributed by atoms with van der Waals surface area (Å²) in [5, 5.41) is 11.9. The van der Waals surface area contributed by atoms with E-state index in [4.69, 9.17) is 18.9 Å². The average molecular weight is 693 g/mol. The molecule has 0 bridgehead atoms. The fourth-order valence-corrected chi connectivity index (χ4v) is 9.77. The molecule has 5 aliphatic rings. The fraction of sp³-hybridized carbons (Fsp3) is 0.641. The number of aliphatic hydroxyl groups excluding tert-OH is 1. The smallest absolute Gasteiger partial charge is 0.409 e. The summed E-state index contributed by atoms with van der Waals surface area (Å²) >= 11 is 0. The Balaban J connectivity index is 1.11. The highest BCUT2D eigenvalue weighted by atomic mass is 16.7. The van der Waals surface area contributed by atoms with Gasteiger partial charge < -0.3 is 33.9 Å². The van der Waals surface area contributed by atoms with Crippen LogP contribution in [-0.2, 0) is 35.1 Å². The lowest BCUT2D eigenvalue weighted by molar-refractivity contribution is -0.200. The van der Waals surface area contributed by atoms with E-state index in [9.17, 15) is 24.3 Å². The van der Waals surface area contributed by atoms with Gasteiger partial charge in [-0.3, -0.25) is 9.59 Å². The van der Waals surface area contributed by atoms with Crippen molar-refractivity contribution in [3.05, 3.63) is 59.2 Å². The largest absolute Gasteiger partial charge is 0.445 e. The molecule has 1 N–H and O–H groups in total. The van der Waals surface area contributed by atoms with Gasteiger partial charge in [-0.15, -0.1) is 0 Å². The molecule has 1 heterocycles. The third-order valence-electron chi connectivity index (χ3n) is 12.4. The van der Waals surface area contributed by atoms with Crippen LogP contribution in [0.25, 0.3) is 0 Å². The number of allylic oxidation sites excluding steroid dienone is 4. The third-order valence-corrected chi connectivity index (χ3v) is 12.4. The number of Topliss-reactive ketones (excluding diaryl/α,β-unsaturated/α-hetero) is 1. The van der Waals surface area contributed by atoms with Gasteiger partial charge >= 0.3 is 12.2 Å². The molecular formula is C39H52N2O9. The standard InChI is InChI=1S/C39H52N2O9/c1-7-8-33-49-32-20-29-28-14-13-26-19-27(42)15-16-37(26,3)34(28)30(43)21-38(29,4)39(32,50-33)31(44)23-48-36(46)41(6)18-17-40(5)35(45)47-22-25-11-9-24(2)10-12-25/h9-12,15-16,19,28-30,32-34,43H,7-8,13-14,17-18,20-23H2,1-6H3/t28-,29-,30-,32+,33?,34+,37-,38-,39+/m0/s1. The van der Waals surface area contributed by atoms with Gasteiger partial charge in [0.1, 0.15) is 6.61 Å². The van der Waals surface area contributed by atoms with Crippen LogP contribution in [0, 0.1) is 35.5 Å². The highest BCUT2D eigenvalue weighted by Crippen LogP contribution is 2.69. The van der Waals surface area contributed by atoms with Gasteiger partial charge in [0.25, 0.3) is 0 Å². The molecule has 9 atom stereocenters. The van der Waals surface area contributed by atoms with Crippen molar-refractivity contribution in [1.82, 2.24) is 9.80 Å². The molecular weight excluding hydrogens is 640 g/mol.